The van der Waals surface area contributed by atoms with E-state index >= 15 is 0 Å². The first-order valence-electron chi connectivity index (χ1n) is 26.9. The molecule has 0 aliphatic carbocycles. The van der Waals surface area contributed by atoms with Crippen molar-refractivity contribution < 1.29 is 25.8 Å². The fourth-order valence-corrected chi connectivity index (χ4v) is 8.33. The third-order valence-corrected chi connectivity index (χ3v) is 10.7. The van der Waals surface area contributed by atoms with Crippen molar-refractivity contribution in [3.63, 3.8) is 0 Å². The van der Waals surface area contributed by atoms with E-state index in [2.05, 4.69) is 49.9 Å². The van der Waals surface area contributed by atoms with Gasteiger partial charge in [0.15, 0.2) is 0 Å². The summed E-state index contributed by atoms with van der Waals surface area (Å²) in [6.07, 6.45) is 4.29. The van der Waals surface area contributed by atoms with Crippen molar-refractivity contribution in [1.82, 2.24) is 14.1 Å². The average molecular weight is 833 g/mol. The summed E-state index contributed by atoms with van der Waals surface area (Å²) in [7, 11) is 0. The van der Waals surface area contributed by atoms with E-state index in [1.165, 1.54) is 5.56 Å². The van der Waals surface area contributed by atoms with Gasteiger partial charge in [-0.25, -0.2) is 4.98 Å². The third kappa shape index (κ3) is 8.03. The number of imidazole rings is 1. The fraction of sp³-hybridized carbons (Fsp3) is 0.172. The molecule has 63 heavy (non-hydrogen) atoms. The number of fused-ring (bicyclic) bond motifs is 4. The summed E-state index contributed by atoms with van der Waals surface area (Å²) >= 11 is 0. The Bertz CT molecular complexity index is 3830. The van der Waals surface area contributed by atoms with Crippen LogP contribution in [0, 0.1) is 17.2 Å². The van der Waals surface area contributed by atoms with E-state index in [1.54, 1.807) is 45.7 Å². The van der Waals surface area contributed by atoms with Crippen LogP contribution in [-0.2, 0) is 12.8 Å². The second-order valence-corrected chi connectivity index (χ2v) is 17.9. The Morgan fingerprint density at radius 1 is 0.619 bits per heavy atom. The molecule has 0 N–H and O–H groups in total. The van der Waals surface area contributed by atoms with Crippen LogP contribution in [0.3, 0.4) is 0 Å². The van der Waals surface area contributed by atoms with E-state index < -0.39 is 72.2 Å². The quantitative estimate of drug-likeness (QED) is 0.107. The van der Waals surface area contributed by atoms with Crippen molar-refractivity contribution in [2.45, 2.75) is 54.3 Å². The summed E-state index contributed by atoms with van der Waals surface area (Å²) in [5, 5.41) is 2.00. The maximum atomic E-state index is 9.11. The third-order valence-electron chi connectivity index (χ3n) is 10.7. The van der Waals surface area contributed by atoms with Gasteiger partial charge in [-0.2, -0.15) is 0 Å². The van der Waals surface area contributed by atoms with E-state index in [4.69, 9.17) is 26.2 Å². The molecule has 0 saturated carbocycles. The van der Waals surface area contributed by atoms with E-state index in [0.717, 1.165) is 28.2 Å². The fourth-order valence-electron chi connectivity index (χ4n) is 8.33. The lowest BCUT2D eigenvalue weighted by Crippen LogP contribution is -2.31. The SMILES string of the molecule is [2H]c1c([2H])c([2H])c(-c2cccc(-c3c([2H])c([2H])c([2H])c([2H])c3[2H])c2-[n+]2[c-]n(-c3cccc(Oc4ccc5c6cc(CC(C)(C)C)ccc6n(-c6cc(C([2H])([2H])C(C)(C)C)ccn6)c5c4)c3)c3ccccc32)c([2H])c1[2H]. The van der Waals surface area contributed by atoms with Crippen molar-refractivity contribution >= 4 is 32.8 Å². The molecule has 5 nitrogen and oxygen atoms in total. The molecule has 0 amide bonds. The highest BCUT2D eigenvalue weighted by Crippen LogP contribution is 2.38. The van der Waals surface area contributed by atoms with Gasteiger partial charge in [0.2, 0.25) is 0 Å². The summed E-state index contributed by atoms with van der Waals surface area (Å²) < 4.78 is 118. The van der Waals surface area contributed by atoms with Gasteiger partial charge in [0.1, 0.15) is 17.3 Å². The van der Waals surface area contributed by atoms with Gasteiger partial charge in [0, 0.05) is 25.8 Å². The summed E-state index contributed by atoms with van der Waals surface area (Å²) in [6, 6.07) is 30.0. The van der Waals surface area contributed by atoms with Crippen LogP contribution in [0.4, 0.5) is 0 Å². The van der Waals surface area contributed by atoms with E-state index in [9.17, 15) is 0 Å². The summed E-state index contributed by atoms with van der Waals surface area (Å²) in [5.41, 5.74) is 4.72. The number of benzene rings is 7. The predicted octanol–water partition coefficient (Wildman–Crippen LogP) is 14.5. The summed E-state index contributed by atoms with van der Waals surface area (Å²) in [6.45, 7) is 12.3. The molecule has 3 heterocycles. The summed E-state index contributed by atoms with van der Waals surface area (Å²) in [5.74, 6) is 1.55. The molecule has 0 saturated heterocycles. The number of aromatic nitrogens is 4. The number of para-hydroxylation sites is 3. The highest BCUT2D eigenvalue weighted by molar-refractivity contribution is 6.09. The second-order valence-electron chi connectivity index (χ2n) is 17.9. The monoisotopic (exact) mass is 832 g/mol. The molecule has 3 aromatic heterocycles. The van der Waals surface area contributed by atoms with Crippen molar-refractivity contribution in [2.75, 3.05) is 0 Å². The Balaban J connectivity index is 1.14. The molecule has 0 unspecified atom stereocenters. The average Bonchev–Trinajstić information content (AvgIpc) is 3.91. The minimum Gasteiger partial charge on any atom is -0.458 e. The van der Waals surface area contributed by atoms with Gasteiger partial charge < -0.3 is 4.74 Å². The molecule has 0 fully saturated rings. The molecule has 0 radical (unpaired) electrons. The number of rotatable bonds is 9. The molecule has 0 bridgehead atoms. The van der Waals surface area contributed by atoms with E-state index in [0.29, 0.717) is 39.6 Å². The molecular formula is C58H52N4O. The number of nitrogens with zero attached hydrogens (tertiary/aromatic N) is 4. The lowest BCUT2D eigenvalue weighted by molar-refractivity contribution is -0.571. The molecule has 310 valence electrons. The Kier molecular flexibility index (Phi) is 7.16. The molecule has 10 rings (SSSR count). The minimum absolute atomic E-state index is 0.0523. The van der Waals surface area contributed by atoms with Crippen LogP contribution in [-0.4, -0.2) is 14.1 Å². The Labute approximate surface area is 387 Å². The standard InChI is InChI=1S/C58H52N4O/c1-57(2,3)37-40-27-30-51-50(33-40)49-29-28-46(36-54(49)62(51)55-34-41(31-32-59-55)38-58(4,5)6)63-45-22-15-21-44(35-45)60-39-61(53-26-14-13-25-52(53)60)56-47(42-17-9-7-10-18-42)23-16-24-48(56)43-19-11-8-12-20-43/h7-36H,37-38H2,1-6H3/i7D,8D,9D,10D,11D,12D,17D,18D,19D,20D,38D2. The van der Waals surface area contributed by atoms with Gasteiger partial charge in [-0.05, 0) is 112 Å². The first-order chi connectivity index (χ1) is 35.4. The zero-order valence-corrected chi connectivity index (χ0v) is 36.0. The number of hydrogen-bond acceptors (Lipinski definition) is 2. The van der Waals surface area contributed by atoms with E-state index in [1.807, 2.05) is 87.5 Å². The largest absolute Gasteiger partial charge is 0.458 e. The van der Waals surface area contributed by atoms with Crippen molar-refractivity contribution in [2.24, 2.45) is 10.8 Å². The summed E-state index contributed by atoms with van der Waals surface area (Å²) in [4.78, 5) is 4.81. The molecule has 0 aliphatic rings. The van der Waals surface area contributed by atoms with Crippen LogP contribution < -0.4 is 9.30 Å². The molecule has 7 aromatic carbocycles. The Morgan fingerprint density at radius 3 is 2.03 bits per heavy atom. The van der Waals surface area contributed by atoms with Crippen molar-refractivity contribution in [3.8, 4) is 50.9 Å². The lowest BCUT2D eigenvalue weighted by atomic mass is 9.88. The highest BCUT2D eigenvalue weighted by Gasteiger charge is 2.21. The zero-order valence-electron chi connectivity index (χ0n) is 48.0. The van der Waals surface area contributed by atoms with Gasteiger partial charge in [0.05, 0.1) is 47.1 Å². The molecule has 10 aromatic rings. The highest BCUT2D eigenvalue weighted by atomic mass is 16.5. The van der Waals surface area contributed by atoms with Crippen LogP contribution in [0.1, 0.15) is 69.1 Å². The second kappa shape index (κ2) is 15.9. The van der Waals surface area contributed by atoms with E-state index in [-0.39, 0.29) is 33.4 Å². The van der Waals surface area contributed by atoms with Crippen LogP contribution in [0.5, 0.6) is 11.5 Å². The van der Waals surface area contributed by atoms with Gasteiger partial charge in [-0.3, -0.25) is 13.7 Å². The lowest BCUT2D eigenvalue weighted by Gasteiger charge is -2.19. The zero-order chi connectivity index (χ0) is 53.8. The first kappa shape index (κ1) is 28.4. The van der Waals surface area contributed by atoms with Crippen molar-refractivity contribution in [1.29, 1.82) is 0 Å². The number of hydrogen-bond donors (Lipinski definition) is 0. The van der Waals surface area contributed by atoms with Gasteiger partial charge in [-0.1, -0.05) is 157 Å². The minimum atomic E-state index is -1.66. The molecular weight excluding hydrogens is 769 g/mol. The Hall–Kier alpha value is -7.24. The van der Waals surface area contributed by atoms with Gasteiger partial charge in [-0.15, -0.1) is 0 Å². The van der Waals surface area contributed by atoms with Crippen LogP contribution in [0.25, 0.3) is 72.3 Å². The smallest absolute Gasteiger partial charge is 0.269 e. The van der Waals surface area contributed by atoms with Gasteiger partial charge in [0.25, 0.3) is 6.33 Å². The number of ether oxygens (including phenoxy) is 1. The molecule has 5 heteroatoms. The topological polar surface area (TPSA) is 35.9 Å². The first-order valence-corrected chi connectivity index (χ1v) is 20.9. The molecule has 0 spiro atoms. The molecule has 0 aliphatic heterocycles. The normalized spacial score (nSPS) is 15.0. The van der Waals surface area contributed by atoms with Crippen molar-refractivity contribution in [3.05, 3.63) is 199 Å². The van der Waals surface area contributed by atoms with Crippen LogP contribution in [0.2, 0.25) is 0 Å². The maximum Gasteiger partial charge on any atom is 0.269 e. The van der Waals surface area contributed by atoms with Crippen LogP contribution in [0.15, 0.2) is 182 Å². The maximum absolute atomic E-state index is 9.11. The number of pyridine rings is 1. The van der Waals surface area contributed by atoms with Crippen LogP contribution >= 0.6 is 0 Å². The molecule has 0 atom stereocenters. The van der Waals surface area contributed by atoms with Gasteiger partial charge >= 0.3 is 0 Å². The Morgan fingerprint density at radius 2 is 1.32 bits per heavy atom. The predicted molar refractivity (Wildman–Crippen MR) is 259 cm³/mol.